The quantitative estimate of drug-likeness (QED) is 0.595. The molecule has 54 valence electrons. The van der Waals surface area contributed by atoms with Crippen LogP contribution in [0, 0.1) is 11.6 Å². The van der Waals surface area contributed by atoms with Gasteiger partial charge in [-0.25, -0.2) is 13.8 Å². The Kier molecular flexibility index (Phi) is 1.80. The standard InChI is InChI=1S/C6H5F2NO/c1-10-6-2-4(7)5(8)3-9-6/h2-3H,1H3. The highest BCUT2D eigenvalue weighted by atomic mass is 19.2. The van der Waals surface area contributed by atoms with E-state index in [1.165, 1.54) is 7.11 Å². The van der Waals surface area contributed by atoms with Crippen molar-refractivity contribution in [3.63, 3.8) is 0 Å². The highest BCUT2D eigenvalue weighted by Gasteiger charge is 2.02. The molecule has 0 aromatic carbocycles. The number of aromatic nitrogens is 1. The first-order valence-corrected chi connectivity index (χ1v) is 2.59. The third kappa shape index (κ3) is 1.21. The van der Waals surface area contributed by atoms with Crippen LogP contribution >= 0.6 is 0 Å². The molecule has 0 aliphatic carbocycles. The summed E-state index contributed by atoms with van der Waals surface area (Å²) in [7, 11) is 1.33. The highest BCUT2D eigenvalue weighted by Crippen LogP contribution is 2.09. The van der Waals surface area contributed by atoms with Gasteiger partial charge in [0, 0.05) is 6.07 Å². The smallest absolute Gasteiger partial charge is 0.216 e. The largest absolute Gasteiger partial charge is 0.481 e. The van der Waals surface area contributed by atoms with Crippen LogP contribution in [0.2, 0.25) is 0 Å². The molecule has 1 heterocycles. The number of rotatable bonds is 1. The average molecular weight is 145 g/mol. The molecule has 1 aromatic heterocycles. The predicted octanol–water partition coefficient (Wildman–Crippen LogP) is 1.37. The summed E-state index contributed by atoms with van der Waals surface area (Å²) < 4.78 is 28.9. The van der Waals surface area contributed by atoms with Crippen molar-refractivity contribution < 1.29 is 13.5 Å². The van der Waals surface area contributed by atoms with Crippen LogP contribution in [-0.2, 0) is 0 Å². The number of methoxy groups -OCH3 is 1. The minimum atomic E-state index is -0.971. The Hall–Kier alpha value is -1.19. The zero-order valence-corrected chi connectivity index (χ0v) is 5.27. The van der Waals surface area contributed by atoms with Gasteiger partial charge < -0.3 is 4.74 Å². The van der Waals surface area contributed by atoms with Gasteiger partial charge >= 0.3 is 0 Å². The maximum Gasteiger partial charge on any atom is 0.216 e. The van der Waals surface area contributed by atoms with Gasteiger partial charge in [-0.1, -0.05) is 0 Å². The molecule has 0 unspecified atom stereocenters. The molecule has 0 fully saturated rings. The predicted molar refractivity (Wildman–Crippen MR) is 30.7 cm³/mol. The molecule has 0 saturated carbocycles. The lowest BCUT2D eigenvalue weighted by Crippen LogP contribution is -1.90. The number of hydrogen-bond acceptors (Lipinski definition) is 2. The van der Waals surface area contributed by atoms with Gasteiger partial charge in [-0.2, -0.15) is 0 Å². The molecule has 1 rings (SSSR count). The fraction of sp³-hybridized carbons (Fsp3) is 0.167. The summed E-state index contributed by atoms with van der Waals surface area (Å²) in [5.74, 6) is -1.86. The van der Waals surface area contributed by atoms with E-state index in [0.29, 0.717) is 0 Å². The van der Waals surface area contributed by atoms with Gasteiger partial charge in [-0.15, -0.1) is 0 Å². The Balaban J connectivity index is 3.04. The first-order valence-electron chi connectivity index (χ1n) is 2.59. The summed E-state index contributed by atoms with van der Waals surface area (Å²) in [6, 6.07) is 0.884. The Morgan fingerprint density at radius 3 is 2.60 bits per heavy atom. The molecule has 10 heavy (non-hydrogen) atoms. The third-order valence-electron chi connectivity index (χ3n) is 0.993. The number of hydrogen-bond donors (Lipinski definition) is 0. The normalized spacial score (nSPS) is 9.50. The Morgan fingerprint density at radius 2 is 2.10 bits per heavy atom. The van der Waals surface area contributed by atoms with Gasteiger partial charge in [0.25, 0.3) is 0 Å². The molecule has 0 radical (unpaired) electrons. The first kappa shape index (κ1) is 6.92. The fourth-order valence-corrected chi connectivity index (χ4v) is 0.508. The Morgan fingerprint density at radius 1 is 1.40 bits per heavy atom. The molecular weight excluding hydrogens is 140 g/mol. The van der Waals surface area contributed by atoms with E-state index in [2.05, 4.69) is 9.72 Å². The van der Waals surface area contributed by atoms with Gasteiger partial charge in [-0.05, 0) is 0 Å². The molecule has 0 aliphatic heterocycles. The number of ether oxygens (including phenoxy) is 1. The summed E-state index contributed by atoms with van der Waals surface area (Å²) in [6.45, 7) is 0. The molecular formula is C6H5F2NO. The molecule has 0 aliphatic rings. The van der Waals surface area contributed by atoms with Crippen molar-refractivity contribution in [3.05, 3.63) is 23.9 Å². The second kappa shape index (κ2) is 2.60. The summed E-state index contributed by atoms with van der Waals surface area (Å²) in [4.78, 5) is 3.42. The summed E-state index contributed by atoms with van der Waals surface area (Å²) >= 11 is 0. The second-order valence-electron chi connectivity index (χ2n) is 1.64. The van der Waals surface area contributed by atoms with Crippen LogP contribution in [0.3, 0.4) is 0 Å². The van der Waals surface area contributed by atoms with Gasteiger partial charge in [0.2, 0.25) is 5.88 Å². The van der Waals surface area contributed by atoms with Crippen molar-refractivity contribution in [1.29, 1.82) is 0 Å². The van der Waals surface area contributed by atoms with E-state index in [1.54, 1.807) is 0 Å². The highest BCUT2D eigenvalue weighted by molar-refractivity contribution is 5.12. The van der Waals surface area contributed by atoms with Crippen molar-refractivity contribution in [3.8, 4) is 5.88 Å². The van der Waals surface area contributed by atoms with E-state index in [0.717, 1.165) is 12.3 Å². The van der Waals surface area contributed by atoms with Crippen molar-refractivity contribution in [2.75, 3.05) is 7.11 Å². The van der Waals surface area contributed by atoms with Crippen LogP contribution in [0.1, 0.15) is 0 Å². The van der Waals surface area contributed by atoms with Crippen LogP contribution in [-0.4, -0.2) is 12.1 Å². The average Bonchev–Trinajstić information content (AvgIpc) is 1.95. The van der Waals surface area contributed by atoms with Crippen molar-refractivity contribution in [1.82, 2.24) is 4.98 Å². The van der Waals surface area contributed by atoms with E-state index in [4.69, 9.17) is 0 Å². The third-order valence-corrected chi connectivity index (χ3v) is 0.993. The Bertz CT molecular complexity index is 239. The SMILES string of the molecule is COc1cc(F)c(F)cn1. The molecule has 0 atom stereocenters. The molecule has 0 N–H and O–H groups in total. The van der Waals surface area contributed by atoms with E-state index in [-0.39, 0.29) is 5.88 Å². The van der Waals surface area contributed by atoms with Crippen LogP contribution in [0.4, 0.5) is 8.78 Å². The summed E-state index contributed by atoms with van der Waals surface area (Å²) in [6.07, 6.45) is 0.772. The molecule has 2 nitrogen and oxygen atoms in total. The first-order chi connectivity index (χ1) is 4.74. The zero-order chi connectivity index (χ0) is 7.56. The maximum absolute atomic E-state index is 12.3. The van der Waals surface area contributed by atoms with Crippen LogP contribution in [0.5, 0.6) is 5.88 Å². The minimum Gasteiger partial charge on any atom is -0.481 e. The Labute approximate surface area is 56.5 Å². The monoisotopic (exact) mass is 145 g/mol. The van der Waals surface area contributed by atoms with Crippen LogP contribution < -0.4 is 4.74 Å². The maximum atomic E-state index is 12.3. The molecule has 0 spiro atoms. The minimum absolute atomic E-state index is 0.0684. The molecule has 0 saturated heterocycles. The van der Waals surface area contributed by atoms with E-state index >= 15 is 0 Å². The second-order valence-corrected chi connectivity index (χ2v) is 1.64. The lowest BCUT2D eigenvalue weighted by Gasteiger charge is -1.96. The molecule has 0 amide bonds. The van der Waals surface area contributed by atoms with Crippen LogP contribution in [0.15, 0.2) is 12.3 Å². The van der Waals surface area contributed by atoms with Gasteiger partial charge in [-0.3, -0.25) is 0 Å². The van der Waals surface area contributed by atoms with Gasteiger partial charge in [0.05, 0.1) is 13.3 Å². The molecule has 1 aromatic rings. The molecule has 0 bridgehead atoms. The zero-order valence-electron chi connectivity index (χ0n) is 5.27. The van der Waals surface area contributed by atoms with Crippen molar-refractivity contribution in [2.45, 2.75) is 0 Å². The summed E-state index contributed by atoms with van der Waals surface area (Å²) in [5, 5.41) is 0. The van der Waals surface area contributed by atoms with Gasteiger partial charge in [0.15, 0.2) is 11.6 Å². The van der Waals surface area contributed by atoms with E-state index < -0.39 is 11.6 Å². The number of nitrogens with zero attached hydrogens (tertiary/aromatic N) is 1. The lowest BCUT2D eigenvalue weighted by atomic mass is 10.4. The molecule has 4 heteroatoms. The van der Waals surface area contributed by atoms with Crippen molar-refractivity contribution >= 4 is 0 Å². The lowest BCUT2D eigenvalue weighted by molar-refractivity contribution is 0.387. The topological polar surface area (TPSA) is 22.1 Å². The van der Waals surface area contributed by atoms with Crippen LogP contribution in [0.25, 0.3) is 0 Å². The number of halogens is 2. The van der Waals surface area contributed by atoms with E-state index in [1.807, 2.05) is 0 Å². The van der Waals surface area contributed by atoms with E-state index in [9.17, 15) is 8.78 Å². The number of pyridine rings is 1. The van der Waals surface area contributed by atoms with Gasteiger partial charge in [0.1, 0.15) is 0 Å². The fourth-order valence-electron chi connectivity index (χ4n) is 0.508. The van der Waals surface area contributed by atoms with Crippen molar-refractivity contribution in [2.24, 2.45) is 0 Å². The summed E-state index contributed by atoms with van der Waals surface area (Å²) in [5.41, 5.74) is 0.